The molecule has 0 radical (unpaired) electrons. The Hall–Kier alpha value is -1.32. The van der Waals surface area contributed by atoms with E-state index in [-0.39, 0.29) is 5.69 Å². The predicted octanol–water partition coefficient (Wildman–Crippen LogP) is 1.69. The van der Waals surface area contributed by atoms with Gasteiger partial charge in [-0.05, 0) is 13.3 Å². The van der Waals surface area contributed by atoms with Gasteiger partial charge < -0.3 is 9.67 Å². The zero-order valence-corrected chi connectivity index (χ0v) is 7.95. The average Bonchev–Trinajstić information content (AvgIpc) is 2.43. The van der Waals surface area contributed by atoms with Crippen LogP contribution in [0.1, 0.15) is 36.1 Å². The number of carboxylic acids is 1. The molecule has 0 bridgehead atoms. The monoisotopic (exact) mass is 182 g/mol. The summed E-state index contributed by atoms with van der Waals surface area (Å²) >= 11 is 0. The fourth-order valence-corrected chi connectivity index (χ4v) is 1.24. The van der Waals surface area contributed by atoms with Crippen LogP contribution in [0, 0.1) is 6.92 Å². The van der Waals surface area contributed by atoms with Crippen molar-refractivity contribution in [2.75, 3.05) is 0 Å². The number of aromatic nitrogens is 2. The van der Waals surface area contributed by atoms with Crippen molar-refractivity contribution in [3.63, 3.8) is 0 Å². The lowest BCUT2D eigenvalue weighted by molar-refractivity contribution is 0.0684. The Labute approximate surface area is 77.2 Å². The van der Waals surface area contributed by atoms with Crippen LogP contribution in [0.15, 0.2) is 6.20 Å². The standard InChI is InChI=1S/C9H14N2O2/c1-3-4-5-11-7(2)10-6-8(11)9(12)13/h6H,3-5H2,1-2H3,(H,12,13). The Morgan fingerprint density at radius 2 is 2.38 bits per heavy atom. The number of aryl methyl sites for hydroxylation is 1. The molecule has 1 heterocycles. The molecule has 0 aliphatic carbocycles. The highest BCUT2D eigenvalue weighted by atomic mass is 16.4. The maximum Gasteiger partial charge on any atom is 0.354 e. The van der Waals surface area contributed by atoms with Gasteiger partial charge in [0.2, 0.25) is 0 Å². The lowest BCUT2D eigenvalue weighted by atomic mass is 10.3. The molecule has 0 spiro atoms. The lowest BCUT2D eigenvalue weighted by Gasteiger charge is -2.05. The molecule has 4 heteroatoms. The SMILES string of the molecule is CCCCn1c(C(=O)O)cnc1C. The van der Waals surface area contributed by atoms with Crippen LogP contribution in [0.5, 0.6) is 0 Å². The second kappa shape index (κ2) is 4.07. The van der Waals surface area contributed by atoms with Gasteiger partial charge in [-0.1, -0.05) is 13.3 Å². The summed E-state index contributed by atoms with van der Waals surface area (Å²) in [6.45, 7) is 4.64. The van der Waals surface area contributed by atoms with Crippen LogP contribution < -0.4 is 0 Å². The average molecular weight is 182 g/mol. The highest BCUT2D eigenvalue weighted by Crippen LogP contribution is 2.06. The molecule has 0 amide bonds. The molecule has 0 fully saturated rings. The molecule has 4 nitrogen and oxygen atoms in total. The second-order valence-corrected chi connectivity index (χ2v) is 3.00. The van der Waals surface area contributed by atoms with E-state index in [2.05, 4.69) is 11.9 Å². The Bertz CT molecular complexity index is 305. The maximum atomic E-state index is 10.7. The Balaban J connectivity index is 2.88. The van der Waals surface area contributed by atoms with Gasteiger partial charge in [-0.3, -0.25) is 0 Å². The number of rotatable bonds is 4. The Kier molecular flexibility index (Phi) is 3.06. The Morgan fingerprint density at radius 3 is 2.92 bits per heavy atom. The van der Waals surface area contributed by atoms with Crippen molar-refractivity contribution < 1.29 is 9.90 Å². The van der Waals surface area contributed by atoms with Crippen LogP contribution in [0.25, 0.3) is 0 Å². The smallest absolute Gasteiger partial charge is 0.354 e. The van der Waals surface area contributed by atoms with Gasteiger partial charge in [-0.25, -0.2) is 9.78 Å². The van der Waals surface area contributed by atoms with E-state index in [9.17, 15) is 4.79 Å². The molecule has 0 saturated heterocycles. The first-order chi connectivity index (χ1) is 6.16. The van der Waals surface area contributed by atoms with Gasteiger partial charge in [0.25, 0.3) is 0 Å². The van der Waals surface area contributed by atoms with E-state index < -0.39 is 5.97 Å². The van der Waals surface area contributed by atoms with E-state index in [4.69, 9.17) is 5.11 Å². The number of carboxylic acid groups (broad SMARTS) is 1. The number of aromatic carboxylic acids is 1. The molecule has 72 valence electrons. The van der Waals surface area contributed by atoms with Gasteiger partial charge >= 0.3 is 5.97 Å². The van der Waals surface area contributed by atoms with E-state index in [1.807, 2.05) is 6.92 Å². The van der Waals surface area contributed by atoms with Gasteiger partial charge in [0, 0.05) is 6.54 Å². The van der Waals surface area contributed by atoms with Gasteiger partial charge in [0.15, 0.2) is 0 Å². The largest absolute Gasteiger partial charge is 0.477 e. The van der Waals surface area contributed by atoms with Crippen molar-refractivity contribution in [1.82, 2.24) is 9.55 Å². The summed E-state index contributed by atoms with van der Waals surface area (Å²) in [5.41, 5.74) is 0.283. The number of nitrogens with zero attached hydrogens (tertiary/aromatic N) is 2. The van der Waals surface area contributed by atoms with Crippen molar-refractivity contribution in [1.29, 1.82) is 0 Å². The third kappa shape index (κ3) is 2.08. The summed E-state index contributed by atoms with van der Waals surface area (Å²) in [6, 6.07) is 0. The molecule has 13 heavy (non-hydrogen) atoms. The quantitative estimate of drug-likeness (QED) is 0.770. The third-order valence-corrected chi connectivity index (χ3v) is 2.01. The summed E-state index contributed by atoms with van der Waals surface area (Å²) in [5.74, 6) is -0.137. The summed E-state index contributed by atoms with van der Waals surface area (Å²) in [5, 5.41) is 8.82. The molecule has 0 saturated carbocycles. The normalized spacial score (nSPS) is 10.3. The maximum absolute atomic E-state index is 10.7. The molecule has 0 aromatic carbocycles. The predicted molar refractivity (Wildman–Crippen MR) is 48.8 cm³/mol. The number of carbonyl (C=O) groups is 1. The van der Waals surface area contributed by atoms with Crippen LogP contribution in [0.4, 0.5) is 0 Å². The first kappa shape index (κ1) is 9.77. The van der Waals surface area contributed by atoms with Crippen molar-refractivity contribution in [2.45, 2.75) is 33.2 Å². The van der Waals surface area contributed by atoms with Crippen LogP contribution >= 0.6 is 0 Å². The number of hydrogen-bond acceptors (Lipinski definition) is 2. The number of hydrogen-bond donors (Lipinski definition) is 1. The molecule has 1 N–H and O–H groups in total. The van der Waals surface area contributed by atoms with E-state index in [0.717, 1.165) is 25.2 Å². The van der Waals surface area contributed by atoms with Gasteiger partial charge in [-0.15, -0.1) is 0 Å². The number of unbranched alkanes of at least 4 members (excludes halogenated alkanes) is 1. The summed E-state index contributed by atoms with van der Waals surface area (Å²) < 4.78 is 1.74. The fourth-order valence-electron chi connectivity index (χ4n) is 1.24. The lowest BCUT2D eigenvalue weighted by Crippen LogP contribution is -2.09. The molecule has 0 unspecified atom stereocenters. The summed E-state index contributed by atoms with van der Waals surface area (Å²) in [4.78, 5) is 14.7. The second-order valence-electron chi connectivity index (χ2n) is 3.00. The third-order valence-electron chi connectivity index (χ3n) is 2.01. The zero-order chi connectivity index (χ0) is 9.84. The highest BCUT2D eigenvalue weighted by Gasteiger charge is 2.11. The minimum Gasteiger partial charge on any atom is -0.477 e. The van der Waals surface area contributed by atoms with Crippen molar-refractivity contribution in [3.8, 4) is 0 Å². The number of imidazole rings is 1. The molecule has 1 aromatic rings. The first-order valence-electron chi connectivity index (χ1n) is 4.42. The molecular weight excluding hydrogens is 168 g/mol. The molecule has 0 aliphatic heterocycles. The van der Waals surface area contributed by atoms with E-state index in [0.29, 0.717) is 0 Å². The van der Waals surface area contributed by atoms with Crippen LogP contribution in [0.3, 0.4) is 0 Å². The van der Waals surface area contributed by atoms with Crippen LogP contribution in [-0.2, 0) is 6.54 Å². The first-order valence-corrected chi connectivity index (χ1v) is 4.42. The molecule has 0 aliphatic rings. The van der Waals surface area contributed by atoms with E-state index in [1.54, 1.807) is 4.57 Å². The van der Waals surface area contributed by atoms with Gasteiger partial charge in [0.05, 0.1) is 6.20 Å². The molecule has 1 rings (SSSR count). The molecule has 1 aromatic heterocycles. The van der Waals surface area contributed by atoms with Gasteiger partial charge in [-0.2, -0.15) is 0 Å². The molecular formula is C9H14N2O2. The zero-order valence-electron chi connectivity index (χ0n) is 7.95. The highest BCUT2D eigenvalue weighted by molar-refractivity contribution is 5.85. The van der Waals surface area contributed by atoms with E-state index in [1.165, 1.54) is 6.20 Å². The summed E-state index contributed by atoms with van der Waals surface area (Å²) in [7, 11) is 0. The van der Waals surface area contributed by atoms with Crippen molar-refractivity contribution in [3.05, 3.63) is 17.7 Å². The minimum atomic E-state index is -0.906. The summed E-state index contributed by atoms with van der Waals surface area (Å²) in [6.07, 6.45) is 3.45. The van der Waals surface area contributed by atoms with E-state index >= 15 is 0 Å². The minimum absolute atomic E-state index is 0.283. The topological polar surface area (TPSA) is 55.1 Å². The van der Waals surface area contributed by atoms with Crippen LogP contribution in [0.2, 0.25) is 0 Å². The van der Waals surface area contributed by atoms with Crippen molar-refractivity contribution >= 4 is 5.97 Å². The van der Waals surface area contributed by atoms with Crippen LogP contribution in [-0.4, -0.2) is 20.6 Å². The fraction of sp³-hybridized carbons (Fsp3) is 0.556. The van der Waals surface area contributed by atoms with Gasteiger partial charge in [0.1, 0.15) is 11.5 Å². The Morgan fingerprint density at radius 1 is 1.69 bits per heavy atom. The van der Waals surface area contributed by atoms with Crippen molar-refractivity contribution in [2.24, 2.45) is 0 Å². The molecule has 0 atom stereocenters.